The van der Waals surface area contributed by atoms with Crippen molar-refractivity contribution in [1.82, 2.24) is 9.97 Å². The molecule has 0 unspecified atom stereocenters. The first kappa shape index (κ1) is 13.4. The molecule has 1 aromatic heterocycles. The molecular formula is C12H18N4O. The maximum absolute atomic E-state index is 8.64. The second-order valence-electron chi connectivity index (χ2n) is 3.79. The average molecular weight is 234 g/mol. The number of methoxy groups -OCH3 is 1. The molecule has 0 amide bonds. The van der Waals surface area contributed by atoms with Crippen LogP contribution < -0.4 is 4.90 Å². The van der Waals surface area contributed by atoms with Gasteiger partial charge < -0.3 is 9.64 Å². The minimum absolute atomic E-state index is 0.471. The van der Waals surface area contributed by atoms with Gasteiger partial charge in [-0.05, 0) is 13.8 Å². The first-order chi connectivity index (χ1) is 8.19. The van der Waals surface area contributed by atoms with E-state index in [4.69, 9.17) is 10.00 Å². The summed E-state index contributed by atoms with van der Waals surface area (Å²) in [4.78, 5) is 10.8. The molecule has 92 valence electrons. The van der Waals surface area contributed by atoms with Crippen molar-refractivity contribution < 1.29 is 4.74 Å². The van der Waals surface area contributed by atoms with Gasteiger partial charge in [0.2, 0.25) is 0 Å². The van der Waals surface area contributed by atoms with Gasteiger partial charge in [0, 0.05) is 20.2 Å². The Balaban J connectivity index is 2.80. The van der Waals surface area contributed by atoms with Crippen molar-refractivity contribution in [2.45, 2.75) is 20.3 Å². The number of hydrogen-bond donors (Lipinski definition) is 0. The van der Waals surface area contributed by atoms with Crippen molar-refractivity contribution in [1.29, 1.82) is 5.26 Å². The van der Waals surface area contributed by atoms with Crippen LogP contribution in [-0.2, 0) is 4.74 Å². The van der Waals surface area contributed by atoms with Gasteiger partial charge in [-0.25, -0.2) is 4.98 Å². The Kier molecular flexibility index (Phi) is 5.37. The number of ether oxygens (including phenoxy) is 1. The van der Waals surface area contributed by atoms with Crippen molar-refractivity contribution in [2.24, 2.45) is 0 Å². The fourth-order valence-electron chi connectivity index (χ4n) is 1.41. The van der Waals surface area contributed by atoms with Crippen molar-refractivity contribution in [3.05, 3.63) is 17.6 Å². The second kappa shape index (κ2) is 6.81. The Hall–Kier alpha value is -1.67. The molecule has 0 N–H and O–H groups in total. The molecule has 0 spiro atoms. The lowest BCUT2D eigenvalue weighted by Crippen LogP contribution is -2.29. The third kappa shape index (κ3) is 4.00. The molecule has 5 nitrogen and oxygen atoms in total. The molecule has 0 atom stereocenters. The molecule has 0 aromatic carbocycles. The minimum atomic E-state index is 0.471. The van der Waals surface area contributed by atoms with Crippen molar-refractivity contribution in [3.8, 4) is 6.07 Å². The second-order valence-corrected chi connectivity index (χ2v) is 3.79. The van der Waals surface area contributed by atoms with Gasteiger partial charge in [-0.15, -0.1) is 0 Å². The molecule has 0 saturated carbocycles. The van der Waals surface area contributed by atoms with Crippen LogP contribution in [0.25, 0.3) is 0 Å². The monoisotopic (exact) mass is 234 g/mol. The normalized spacial score (nSPS) is 10.0. The van der Waals surface area contributed by atoms with Crippen LogP contribution in [0.5, 0.6) is 0 Å². The Labute approximate surface area is 102 Å². The van der Waals surface area contributed by atoms with Gasteiger partial charge in [-0.1, -0.05) is 0 Å². The zero-order valence-corrected chi connectivity index (χ0v) is 10.6. The Morgan fingerprint density at radius 3 is 2.71 bits per heavy atom. The molecule has 17 heavy (non-hydrogen) atoms. The van der Waals surface area contributed by atoms with E-state index < -0.39 is 0 Å². The highest BCUT2D eigenvalue weighted by Crippen LogP contribution is 2.11. The summed E-state index contributed by atoms with van der Waals surface area (Å²) in [5.74, 6) is 0.806. The molecule has 1 heterocycles. The summed E-state index contributed by atoms with van der Waals surface area (Å²) < 4.78 is 5.05. The molecule has 0 fully saturated rings. The van der Waals surface area contributed by atoms with Crippen molar-refractivity contribution in [2.75, 3.05) is 31.7 Å². The van der Waals surface area contributed by atoms with Crippen molar-refractivity contribution >= 4 is 5.82 Å². The smallest absolute Gasteiger partial charge is 0.147 e. The molecule has 5 heteroatoms. The molecule has 0 aliphatic carbocycles. The highest BCUT2D eigenvalue weighted by molar-refractivity contribution is 5.37. The van der Waals surface area contributed by atoms with E-state index in [2.05, 4.69) is 16.0 Å². The number of hydrogen-bond acceptors (Lipinski definition) is 5. The Morgan fingerprint density at radius 1 is 1.35 bits per heavy atom. The van der Waals surface area contributed by atoms with Gasteiger partial charge in [-0.2, -0.15) is 5.26 Å². The number of aryl methyl sites for hydroxylation is 2. The number of aromatic nitrogens is 2. The van der Waals surface area contributed by atoms with Crippen LogP contribution >= 0.6 is 0 Å². The van der Waals surface area contributed by atoms with Gasteiger partial charge in [-0.3, -0.25) is 4.98 Å². The van der Waals surface area contributed by atoms with E-state index in [0.717, 1.165) is 23.8 Å². The SMILES string of the molecule is COCCN(CCC#N)c1cnc(C)c(C)n1. The molecular weight excluding hydrogens is 216 g/mol. The molecule has 1 aromatic rings. The van der Waals surface area contributed by atoms with E-state index in [9.17, 15) is 0 Å². The van der Waals surface area contributed by atoms with Gasteiger partial charge in [0.15, 0.2) is 0 Å². The fraction of sp³-hybridized carbons (Fsp3) is 0.583. The summed E-state index contributed by atoms with van der Waals surface area (Å²) in [6.45, 7) is 5.85. The Bertz CT molecular complexity index is 400. The van der Waals surface area contributed by atoms with Crippen LogP contribution in [0.1, 0.15) is 17.8 Å². The summed E-state index contributed by atoms with van der Waals surface area (Å²) >= 11 is 0. The molecule has 0 bridgehead atoms. The summed E-state index contributed by atoms with van der Waals surface area (Å²) in [5, 5.41) is 8.64. The number of anilines is 1. The van der Waals surface area contributed by atoms with E-state index >= 15 is 0 Å². The summed E-state index contributed by atoms with van der Waals surface area (Å²) in [6.07, 6.45) is 2.22. The summed E-state index contributed by atoms with van der Waals surface area (Å²) in [7, 11) is 1.66. The maximum Gasteiger partial charge on any atom is 0.147 e. The van der Waals surface area contributed by atoms with Crippen LogP contribution in [-0.4, -0.2) is 36.8 Å². The molecule has 0 aliphatic rings. The van der Waals surface area contributed by atoms with E-state index in [1.165, 1.54) is 0 Å². The third-order valence-electron chi connectivity index (χ3n) is 2.56. The predicted molar refractivity (Wildman–Crippen MR) is 65.8 cm³/mol. The van der Waals surface area contributed by atoms with E-state index in [0.29, 0.717) is 19.6 Å². The average Bonchev–Trinajstić information content (AvgIpc) is 2.33. The van der Waals surface area contributed by atoms with Crippen LogP contribution in [0.3, 0.4) is 0 Å². The largest absolute Gasteiger partial charge is 0.383 e. The number of nitriles is 1. The quantitative estimate of drug-likeness (QED) is 0.745. The minimum Gasteiger partial charge on any atom is -0.383 e. The first-order valence-corrected chi connectivity index (χ1v) is 5.60. The molecule has 1 rings (SSSR count). The summed E-state index contributed by atoms with van der Waals surface area (Å²) in [5.41, 5.74) is 1.85. The standard InChI is InChI=1S/C12H18N4O/c1-10-11(2)15-12(9-14-10)16(6-4-5-13)7-8-17-3/h9H,4,6-8H2,1-3H3. The zero-order valence-electron chi connectivity index (χ0n) is 10.6. The Morgan fingerprint density at radius 2 is 2.12 bits per heavy atom. The lowest BCUT2D eigenvalue weighted by atomic mass is 10.3. The first-order valence-electron chi connectivity index (χ1n) is 5.60. The molecule has 0 aliphatic heterocycles. The third-order valence-corrected chi connectivity index (χ3v) is 2.56. The molecule has 0 saturated heterocycles. The van der Waals surface area contributed by atoms with Crippen molar-refractivity contribution in [3.63, 3.8) is 0 Å². The number of nitrogens with zero attached hydrogens (tertiary/aromatic N) is 4. The van der Waals surface area contributed by atoms with E-state index in [1.807, 2.05) is 18.7 Å². The zero-order chi connectivity index (χ0) is 12.7. The van der Waals surface area contributed by atoms with Crippen LogP contribution in [0.15, 0.2) is 6.20 Å². The van der Waals surface area contributed by atoms with Gasteiger partial charge in [0.1, 0.15) is 5.82 Å². The van der Waals surface area contributed by atoms with E-state index in [-0.39, 0.29) is 0 Å². The van der Waals surface area contributed by atoms with Crippen LogP contribution in [0.2, 0.25) is 0 Å². The van der Waals surface area contributed by atoms with Gasteiger partial charge in [0.25, 0.3) is 0 Å². The lowest BCUT2D eigenvalue weighted by molar-refractivity contribution is 0.205. The topological polar surface area (TPSA) is 62.0 Å². The predicted octanol–water partition coefficient (Wildman–Crippen LogP) is 1.46. The van der Waals surface area contributed by atoms with Crippen LogP contribution in [0, 0.1) is 25.2 Å². The highest BCUT2D eigenvalue weighted by Gasteiger charge is 2.09. The maximum atomic E-state index is 8.64. The number of rotatable bonds is 6. The molecule has 0 radical (unpaired) electrons. The van der Waals surface area contributed by atoms with E-state index in [1.54, 1.807) is 13.3 Å². The highest BCUT2D eigenvalue weighted by atomic mass is 16.5. The summed E-state index contributed by atoms with van der Waals surface area (Å²) in [6, 6.07) is 2.14. The van der Waals surface area contributed by atoms with Gasteiger partial charge in [0.05, 0.1) is 36.7 Å². The fourth-order valence-corrected chi connectivity index (χ4v) is 1.41. The lowest BCUT2D eigenvalue weighted by Gasteiger charge is -2.22. The van der Waals surface area contributed by atoms with Crippen LogP contribution in [0.4, 0.5) is 5.82 Å². The van der Waals surface area contributed by atoms with Gasteiger partial charge >= 0.3 is 0 Å².